The Kier molecular flexibility index (Phi) is 7.12. The minimum absolute atomic E-state index is 0.0304. The molecular formula is C25H27F2N5O. The molecule has 0 aliphatic heterocycles. The predicted octanol–water partition coefficient (Wildman–Crippen LogP) is 5.64. The Hall–Kier alpha value is -3.55. The highest BCUT2D eigenvalue weighted by Crippen LogP contribution is 2.25. The summed E-state index contributed by atoms with van der Waals surface area (Å²) in [7, 11) is 0. The minimum Gasteiger partial charge on any atom is -0.463 e. The molecule has 0 bridgehead atoms. The van der Waals surface area contributed by atoms with Gasteiger partial charge in [-0.2, -0.15) is 9.97 Å². The number of benzene rings is 2. The van der Waals surface area contributed by atoms with E-state index in [0.717, 1.165) is 24.8 Å². The van der Waals surface area contributed by atoms with Crippen molar-refractivity contribution >= 4 is 17.0 Å². The Morgan fingerprint density at radius 3 is 2.64 bits per heavy atom. The third kappa shape index (κ3) is 5.27. The molecule has 4 rings (SSSR count). The molecule has 2 heterocycles. The highest BCUT2D eigenvalue weighted by Gasteiger charge is 2.18. The molecule has 2 aromatic heterocycles. The fraction of sp³-hybridized carbons (Fsp3) is 0.320. The number of aromatic nitrogens is 4. The van der Waals surface area contributed by atoms with Crippen LogP contribution in [0.3, 0.4) is 0 Å². The van der Waals surface area contributed by atoms with Crippen LogP contribution in [-0.4, -0.2) is 26.1 Å². The Bertz CT molecular complexity index is 1230. The molecule has 0 saturated carbocycles. The first-order chi connectivity index (χ1) is 16.1. The number of hydrogen-bond donors (Lipinski definition) is 1. The average molecular weight is 452 g/mol. The summed E-state index contributed by atoms with van der Waals surface area (Å²) in [5, 5.41) is 3.30. The lowest BCUT2D eigenvalue weighted by Crippen LogP contribution is -2.09. The topological polar surface area (TPSA) is 64.9 Å². The number of unbranched alkanes of at least 4 members (excludes halogenated alkanes) is 2. The second-order valence-electron chi connectivity index (χ2n) is 7.95. The molecule has 0 aliphatic rings. The SMILES string of the molecule is CCCCCOc1nc(NCc2ccccc2)c2ncn(Cc3c(F)ccc(C)c3F)c2n1. The van der Waals surface area contributed by atoms with Gasteiger partial charge >= 0.3 is 6.01 Å². The molecule has 2 aromatic carbocycles. The first kappa shape index (κ1) is 22.6. The van der Waals surface area contributed by atoms with Gasteiger partial charge in [0.2, 0.25) is 0 Å². The van der Waals surface area contributed by atoms with Crippen molar-refractivity contribution in [1.82, 2.24) is 19.5 Å². The number of ether oxygens (including phenoxy) is 1. The lowest BCUT2D eigenvalue weighted by molar-refractivity contribution is 0.284. The Balaban J connectivity index is 1.67. The molecule has 0 saturated heterocycles. The van der Waals surface area contributed by atoms with Crippen molar-refractivity contribution in [3.63, 3.8) is 0 Å². The van der Waals surface area contributed by atoms with E-state index in [1.807, 2.05) is 30.3 Å². The largest absolute Gasteiger partial charge is 0.463 e. The number of anilines is 1. The van der Waals surface area contributed by atoms with Crippen molar-refractivity contribution in [2.75, 3.05) is 11.9 Å². The van der Waals surface area contributed by atoms with E-state index in [1.54, 1.807) is 11.5 Å². The Labute approximate surface area is 191 Å². The van der Waals surface area contributed by atoms with Gasteiger partial charge in [-0.15, -0.1) is 0 Å². The van der Waals surface area contributed by atoms with Crippen LogP contribution in [0.2, 0.25) is 0 Å². The van der Waals surface area contributed by atoms with Gasteiger partial charge in [-0.25, -0.2) is 13.8 Å². The van der Waals surface area contributed by atoms with E-state index in [9.17, 15) is 8.78 Å². The van der Waals surface area contributed by atoms with Crippen molar-refractivity contribution in [2.24, 2.45) is 0 Å². The molecule has 8 heteroatoms. The zero-order valence-electron chi connectivity index (χ0n) is 18.8. The monoisotopic (exact) mass is 451 g/mol. The molecule has 172 valence electrons. The highest BCUT2D eigenvalue weighted by molar-refractivity contribution is 5.83. The average Bonchev–Trinajstić information content (AvgIpc) is 3.24. The summed E-state index contributed by atoms with van der Waals surface area (Å²) in [6.45, 7) is 4.72. The van der Waals surface area contributed by atoms with Crippen LogP contribution in [0.5, 0.6) is 6.01 Å². The van der Waals surface area contributed by atoms with Gasteiger partial charge in [-0.3, -0.25) is 0 Å². The molecule has 0 unspecified atom stereocenters. The molecule has 4 aromatic rings. The van der Waals surface area contributed by atoms with Gasteiger partial charge in [0.1, 0.15) is 11.6 Å². The van der Waals surface area contributed by atoms with Crippen molar-refractivity contribution in [3.05, 3.63) is 77.1 Å². The van der Waals surface area contributed by atoms with E-state index >= 15 is 0 Å². The van der Waals surface area contributed by atoms with Crippen LogP contribution in [0.15, 0.2) is 48.8 Å². The molecule has 0 spiro atoms. The second kappa shape index (κ2) is 10.4. The minimum atomic E-state index is -0.604. The molecule has 33 heavy (non-hydrogen) atoms. The fourth-order valence-corrected chi connectivity index (χ4v) is 3.55. The number of nitrogens with zero attached hydrogens (tertiary/aromatic N) is 4. The molecule has 0 radical (unpaired) electrons. The van der Waals surface area contributed by atoms with Gasteiger partial charge < -0.3 is 14.6 Å². The van der Waals surface area contributed by atoms with Gasteiger partial charge in [-0.1, -0.05) is 56.2 Å². The van der Waals surface area contributed by atoms with E-state index in [-0.39, 0.29) is 18.1 Å². The number of aryl methyl sites for hydroxylation is 1. The quantitative estimate of drug-likeness (QED) is 0.316. The maximum Gasteiger partial charge on any atom is 0.320 e. The zero-order chi connectivity index (χ0) is 23.2. The summed E-state index contributed by atoms with van der Waals surface area (Å²) >= 11 is 0. The Morgan fingerprint density at radius 2 is 1.85 bits per heavy atom. The maximum absolute atomic E-state index is 14.6. The van der Waals surface area contributed by atoms with E-state index < -0.39 is 11.6 Å². The highest BCUT2D eigenvalue weighted by atomic mass is 19.1. The molecule has 0 fully saturated rings. The van der Waals surface area contributed by atoms with Gasteiger partial charge in [0.25, 0.3) is 0 Å². The molecule has 1 N–H and O–H groups in total. The number of hydrogen-bond acceptors (Lipinski definition) is 5. The van der Waals surface area contributed by atoms with Crippen LogP contribution in [0.4, 0.5) is 14.6 Å². The number of rotatable bonds is 10. The van der Waals surface area contributed by atoms with Crippen LogP contribution < -0.4 is 10.1 Å². The van der Waals surface area contributed by atoms with Crippen molar-refractivity contribution < 1.29 is 13.5 Å². The first-order valence-electron chi connectivity index (χ1n) is 11.1. The van der Waals surface area contributed by atoms with Crippen molar-refractivity contribution in [1.29, 1.82) is 0 Å². The van der Waals surface area contributed by atoms with E-state index in [1.165, 1.54) is 18.5 Å². The molecule has 0 aliphatic carbocycles. The number of halogens is 2. The summed E-state index contributed by atoms with van der Waals surface area (Å²) in [4.78, 5) is 13.5. The third-order valence-electron chi connectivity index (χ3n) is 5.43. The number of nitrogens with one attached hydrogen (secondary N) is 1. The summed E-state index contributed by atoms with van der Waals surface area (Å²) in [6, 6.07) is 12.8. The van der Waals surface area contributed by atoms with Crippen molar-refractivity contribution in [2.45, 2.75) is 46.2 Å². The molecule has 6 nitrogen and oxygen atoms in total. The first-order valence-corrected chi connectivity index (χ1v) is 11.1. The summed E-state index contributed by atoms with van der Waals surface area (Å²) < 4.78 is 36.4. The third-order valence-corrected chi connectivity index (χ3v) is 5.43. The maximum atomic E-state index is 14.6. The summed E-state index contributed by atoms with van der Waals surface area (Å²) in [5.74, 6) is -0.657. The molecule has 0 amide bonds. The predicted molar refractivity (Wildman–Crippen MR) is 124 cm³/mol. The molecular weight excluding hydrogens is 424 g/mol. The fourth-order valence-electron chi connectivity index (χ4n) is 3.55. The lowest BCUT2D eigenvalue weighted by Gasteiger charge is -2.11. The van der Waals surface area contributed by atoms with Crippen LogP contribution >= 0.6 is 0 Å². The van der Waals surface area contributed by atoms with Crippen LogP contribution in [0.1, 0.15) is 42.9 Å². The molecule has 0 atom stereocenters. The van der Waals surface area contributed by atoms with Gasteiger partial charge in [0.15, 0.2) is 17.0 Å². The summed E-state index contributed by atoms with van der Waals surface area (Å²) in [5.41, 5.74) is 2.40. The van der Waals surface area contributed by atoms with E-state index in [0.29, 0.717) is 35.7 Å². The number of fused-ring (bicyclic) bond motifs is 1. The van der Waals surface area contributed by atoms with E-state index in [4.69, 9.17) is 4.74 Å². The normalized spacial score (nSPS) is 11.2. The van der Waals surface area contributed by atoms with Gasteiger partial charge in [0, 0.05) is 12.1 Å². The van der Waals surface area contributed by atoms with Crippen LogP contribution in [0, 0.1) is 18.6 Å². The van der Waals surface area contributed by atoms with Crippen LogP contribution in [0.25, 0.3) is 11.2 Å². The smallest absolute Gasteiger partial charge is 0.320 e. The van der Waals surface area contributed by atoms with Gasteiger partial charge in [-0.05, 0) is 30.5 Å². The van der Waals surface area contributed by atoms with Crippen LogP contribution in [-0.2, 0) is 13.1 Å². The van der Waals surface area contributed by atoms with Gasteiger partial charge in [0.05, 0.1) is 19.5 Å². The second-order valence-corrected chi connectivity index (χ2v) is 7.95. The zero-order valence-corrected chi connectivity index (χ0v) is 18.8. The summed E-state index contributed by atoms with van der Waals surface area (Å²) in [6.07, 6.45) is 4.54. The Morgan fingerprint density at radius 1 is 1.03 bits per heavy atom. The van der Waals surface area contributed by atoms with Crippen molar-refractivity contribution in [3.8, 4) is 6.01 Å². The lowest BCUT2D eigenvalue weighted by atomic mass is 10.1. The number of imidazole rings is 1. The van der Waals surface area contributed by atoms with E-state index in [2.05, 4.69) is 27.2 Å². The standard InChI is InChI=1S/C25H27F2N5O/c1-3-4-8-13-33-25-30-23(28-14-18-9-6-5-7-10-18)22-24(31-25)32(16-29-22)15-19-20(26)12-11-17(2)21(19)27/h5-7,9-12,16H,3-4,8,13-15H2,1-2H3,(H,28,30,31).